The largest absolute Gasteiger partial charge is 0.450 e. The Kier molecular flexibility index (Phi) is 6.17. The Morgan fingerprint density at radius 2 is 1.96 bits per heavy atom. The van der Waals surface area contributed by atoms with Crippen molar-refractivity contribution in [3.8, 4) is 0 Å². The number of allylic oxidation sites excluding steroid dienone is 1. The lowest BCUT2D eigenvalue weighted by atomic mass is 10.1. The van der Waals surface area contributed by atoms with Crippen molar-refractivity contribution in [3.05, 3.63) is 78.1 Å². The van der Waals surface area contributed by atoms with E-state index in [0.29, 0.717) is 28.9 Å². The number of hydrogen-bond acceptors (Lipinski definition) is 6. The molecule has 0 radical (unpaired) electrons. The molecule has 0 fully saturated rings. The zero-order valence-corrected chi connectivity index (χ0v) is 14.7. The third kappa shape index (κ3) is 4.84. The minimum absolute atomic E-state index is 0.341. The first kappa shape index (κ1) is 18.1. The average Bonchev–Trinajstić information content (AvgIpc) is 2.64. The van der Waals surface area contributed by atoms with Gasteiger partial charge in [0.05, 0.1) is 23.4 Å². The van der Waals surface area contributed by atoms with Gasteiger partial charge in [-0.2, -0.15) is 0 Å². The maximum absolute atomic E-state index is 6.41. The fourth-order valence-corrected chi connectivity index (χ4v) is 2.08. The van der Waals surface area contributed by atoms with Crippen LogP contribution in [0, 0.1) is 6.92 Å². The predicted molar refractivity (Wildman–Crippen MR) is 102 cm³/mol. The lowest BCUT2D eigenvalue weighted by Gasteiger charge is -2.16. The Bertz CT molecular complexity index is 794. The highest BCUT2D eigenvalue weighted by molar-refractivity contribution is 5.87. The van der Waals surface area contributed by atoms with Crippen molar-refractivity contribution in [1.29, 1.82) is 0 Å². The molecule has 0 spiro atoms. The maximum atomic E-state index is 6.41. The van der Waals surface area contributed by atoms with Gasteiger partial charge >= 0.3 is 0 Å². The molecule has 1 aromatic carbocycles. The molecule has 2 aromatic rings. The molecule has 1 heterocycles. The van der Waals surface area contributed by atoms with Gasteiger partial charge in [-0.1, -0.05) is 35.9 Å². The molecule has 6 nitrogen and oxygen atoms in total. The Morgan fingerprint density at radius 1 is 1.24 bits per heavy atom. The molecule has 6 heteroatoms. The minimum atomic E-state index is 0.341. The van der Waals surface area contributed by atoms with Gasteiger partial charge in [0.1, 0.15) is 0 Å². The Labute approximate surface area is 148 Å². The van der Waals surface area contributed by atoms with Crippen molar-refractivity contribution in [2.24, 2.45) is 5.73 Å². The second kappa shape index (κ2) is 8.54. The summed E-state index contributed by atoms with van der Waals surface area (Å²) in [7, 11) is 1.76. The third-order valence-corrected chi connectivity index (χ3v) is 3.38. The molecular weight excluding hydrogens is 314 g/mol. The molecule has 1 aromatic heterocycles. The molecule has 0 aliphatic rings. The van der Waals surface area contributed by atoms with E-state index in [1.54, 1.807) is 25.4 Å². The van der Waals surface area contributed by atoms with Crippen molar-refractivity contribution in [3.63, 3.8) is 0 Å². The second-order valence-electron chi connectivity index (χ2n) is 5.31. The van der Waals surface area contributed by atoms with Crippen molar-refractivity contribution in [2.75, 3.05) is 12.4 Å². The molecule has 130 valence electrons. The number of rotatable bonds is 7. The number of anilines is 1. The molecule has 0 aliphatic carbocycles. The number of aromatic nitrogens is 2. The van der Waals surface area contributed by atoms with Gasteiger partial charge in [0.15, 0.2) is 5.88 Å². The van der Waals surface area contributed by atoms with Crippen LogP contribution in [0.3, 0.4) is 0 Å². The van der Waals surface area contributed by atoms with E-state index < -0.39 is 0 Å². The quantitative estimate of drug-likeness (QED) is 0.673. The van der Waals surface area contributed by atoms with Crippen LogP contribution >= 0.6 is 0 Å². The zero-order valence-electron chi connectivity index (χ0n) is 14.7. The molecule has 0 amide bonds. The summed E-state index contributed by atoms with van der Waals surface area (Å²) in [5.41, 5.74) is 10.2. The molecular formula is C19H23N5O. The number of nitrogens with one attached hydrogen (secondary N) is 2. The lowest BCUT2D eigenvalue weighted by molar-refractivity contribution is 0.332. The first-order valence-electron chi connectivity index (χ1n) is 7.87. The van der Waals surface area contributed by atoms with Crippen LogP contribution in [-0.4, -0.2) is 17.0 Å². The minimum Gasteiger partial charge on any atom is -0.450 e. The number of hydrogen-bond donors (Lipinski definition) is 3. The number of nitrogens with zero attached hydrogens (tertiary/aromatic N) is 2. The molecule has 0 unspecified atom stereocenters. The van der Waals surface area contributed by atoms with E-state index in [2.05, 4.69) is 27.2 Å². The van der Waals surface area contributed by atoms with Crippen molar-refractivity contribution in [2.45, 2.75) is 13.8 Å². The second-order valence-corrected chi connectivity index (χ2v) is 5.31. The number of benzene rings is 1. The molecule has 0 bridgehead atoms. The van der Waals surface area contributed by atoms with Gasteiger partial charge < -0.3 is 21.1 Å². The number of aryl methyl sites for hydroxylation is 1. The van der Waals surface area contributed by atoms with E-state index >= 15 is 0 Å². The highest BCUT2D eigenvalue weighted by Gasteiger charge is 2.13. The topological polar surface area (TPSA) is 85.1 Å². The summed E-state index contributed by atoms with van der Waals surface area (Å²) in [6.07, 6.45) is 4.96. The predicted octanol–water partition coefficient (Wildman–Crippen LogP) is 3.22. The van der Waals surface area contributed by atoms with Gasteiger partial charge in [0.2, 0.25) is 5.95 Å². The van der Waals surface area contributed by atoms with E-state index in [9.17, 15) is 0 Å². The summed E-state index contributed by atoms with van der Waals surface area (Å²) in [6.45, 7) is 7.74. The van der Waals surface area contributed by atoms with Crippen molar-refractivity contribution in [1.82, 2.24) is 15.3 Å². The summed E-state index contributed by atoms with van der Waals surface area (Å²) in [5.74, 6) is 0.835. The molecule has 0 aliphatic heterocycles. The summed E-state index contributed by atoms with van der Waals surface area (Å²) in [5, 5.41) is 6.02. The van der Waals surface area contributed by atoms with E-state index in [1.807, 2.05) is 38.1 Å². The first-order chi connectivity index (χ1) is 12.0. The normalized spacial score (nSPS) is 11.8. The number of nitrogens with two attached hydrogens (primary N) is 1. The summed E-state index contributed by atoms with van der Waals surface area (Å²) >= 11 is 0. The number of ether oxygens (including phenoxy) is 1. The Hall–Kier alpha value is -3.28. The van der Waals surface area contributed by atoms with Gasteiger partial charge in [-0.15, -0.1) is 0 Å². The first-order valence-corrected chi connectivity index (χ1v) is 7.87. The van der Waals surface area contributed by atoms with E-state index in [0.717, 1.165) is 11.1 Å². The van der Waals surface area contributed by atoms with Gasteiger partial charge in [0, 0.05) is 13.2 Å². The smallest absolute Gasteiger partial charge is 0.222 e. The summed E-state index contributed by atoms with van der Waals surface area (Å²) in [6, 6.07) is 9.70. The molecule has 25 heavy (non-hydrogen) atoms. The van der Waals surface area contributed by atoms with E-state index in [4.69, 9.17) is 10.5 Å². The van der Waals surface area contributed by atoms with Crippen LogP contribution in [0.15, 0.2) is 61.3 Å². The zero-order chi connectivity index (χ0) is 18.2. The van der Waals surface area contributed by atoms with Crippen LogP contribution < -0.4 is 16.4 Å². The van der Waals surface area contributed by atoms with Crippen LogP contribution in [0.2, 0.25) is 0 Å². The summed E-state index contributed by atoms with van der Waals surface area (Å²) in [4.78, 5) is 8.59. The van der Waals surface area contributed by atoms with Gasteiger partial charge in [-0.3, -0.25) is 0 Å². The fourth-order valence-electron chi connectivity index (χ4n) is 2.08. The van der Waals surface area contributed by atoms with E-state index in [-0.39, 0.29) is 0 Å². The monoisotopic (exact) mass is 337 g/mol. The van der Waals surface area contributed by atoms with E-state index in [1.165, 1.54) is 6.26 Å². The highest BCUT2D eigenvalue weighted by atomic mass is 16.5. The van der Waals surface area contributed by atoms with Crippen molar-refractivity contribution >= 4 is 17.3 Å². The molecule has 0 saturated heterocycles. The molecule has 0 saturated carbocycles. The standard InChI is InChI=1S/C19H23N5O/c1-5-12-25-14(3)23-18(16-10-11-22-19(21-4)24-16)17(20)15-8-6-13(2)7-9-15/h5-12,23H,3,20H2,1-2,4H3,(H,21,22,24)/b12-5-,18-17-. The maximum Gasteiger partial charge on any atom is 0.222 e. The SMILES string of the molecule is C=C(N/C(=C(\N)c1ccc(C)cc1)c1ccnc(NC)n1)O/C=C\C. The third-order valence-electron chi connectivity index (χ3n) is 3.38. The Morgan fingerprint density at radius 3 is 2.60 bits per heavy atom. The molecule has 4 N–H and O–H groups in total. The highest BCUT2D eigenvalue weighted by Crippen LogP contribution is 2.21. The molecule has 0 atom stereocenters. The van der Waals surface area contributed by atoms with Crippen LogP contribution in [0.25, 0.3) is 11.4 Å². The van der Waals surface area contributed by atoms with Gasteiger partial charge in [0.25, 0.3) is 0 Å². The average molecular weight is 337 g/mol. The van der Waals surface area contributed by atoms with Crippen LogP contribution in [0.1, 0.15) is 23.7 Å². The van der Waals surface area contributed by atoms with Gasteiger partial charge in [-0.25, -0.2) is 9.97 Å². The van der Waals surface area contributed by atoms with Crippen LogP contribution in [0.5, 0.6) is 0 Å². The Balaban J connectivity index is 2.48. The van der Waals surface area contributed by atoms with Crippen LogP contribution in [-0.2, 0) is 4.74 Å². The summed E-state index contributed by atoms with van der Waals surface area (Å²) < 4.78 is 5.37. The van der Waals surface area contributed by atoms with Gasteiger partial charge in [-0.05, 0) is 32.1 Å². The van der Waals surface area contributed by atoms with Crippen molar-refractivity contribution < 1.29 is 4.74 Å². The lowest BCUT2D eigenvalue weighted by Crippen LogP contribution is -2.18. The fraction of sp³-hybridized carbons (Fsp3) is 0.158. The molecule has 2 rings (SSSR count). The van der Waals surface area contributed by atoms with Crippen LogP contribution in [0.4, 0.5) is 5.95 Å².